The first kappa shape index (κ1) is 23.2. The fourth-order valence-electron chi connectivity index (χ4n) is 4.03. The molecule has 34 heavy (non-hydrogen) atoms. The quantitative estimate of drug-likeness (QED) is 0.474. The zero-order valence-corrected chi connectivity index (χ0v) is 19.2. The van der Waals surface area contributed by atoms with Crippen LogP contribution in [-0.2, 0) is 20.8 Å². The van der Waals surface area contributed by atoms with Crippen molar-refractivity contribution >= 4 is 34.3 Å². The number of likely N-dealkylation sites (N-methyl/N-ethyl adjacent to an activating group) is 1. The molecular formula is C25H28N4O5. The SMILES string of the molecule is CCN(CC(=O)Nc1ccc2c(c1)OCCO2)C(=O)C(Cc1c[nH]c2ccccc12)NC(C)=O. The minimum atomic E-state index is -0.793. The van der Waals surface area contributed by atoms with Gasteiger partial charge in [-0.1, -0.05) is 18.2 Å². The number of amides is 3. The van der Waals surface area contributed by atoms with Gasteiger partial charge in [-0.25, -0.2) is 0 Å². The van der Waals surface area contributed by atoms with Crippen LogP contribution in [0.2, 0.25) is 0 Å². The number of carbonyl (C=O) groups excluding carboxylic acids is 3. The highest BCUT2D eigenvalue weighted by atomic mass is 16.6. The van der Waals surface area contributed by atoms with Gasteiger partial charge in [-0.05, 0) is 30.7 Å². The lowest BCUT2D eigenvalue weighted by Crippen LogP contribution is -2.51. The number of hydrogen-bond acceptors (Lipinski definition) is 5. The van der Waals surface area contributed by atoms with E-state index in [2.05, 4.69) is 15.6 Å². The van der Waals surface area contributed by atoms with Crippen LogP contribution in [-0.4, -0.2) is 60.0 Å². The Morgan fingerprint density at radius 3 is 2.62 bits per heavy atom. The minimum absolute atomic E-state index is 0.145. The van der Waals surface area contributed by atoms with E-state index in [9.17, 15) is 14.4 Å². The number of benzene rings is 2. The Kier molecular flexibility index (Phi) is 7.01. The second-order valence-electron chi connectivity index (χ2n) is 8.08. The van der Waals surface area contributed by atoms with Crippen LogP contribution in [0, 0.1) is 0 Å². The zero-order valence-electron chi connectivity index (χ0n) is 19.2. The number of fused-ring (bicyclic) bond motifs is 2. The number of aromatic amines is 1. The predicted molar refractivity (Wildman–Crippen MR) is 128 cm³/mol. The van der Waals surface area contributed by atoms with E-state index >= 15 is 0 Å². The molecule has 178 valence electrons. The summed E-state index contributed by atoms with van der Waals surface area (Å²) < 4.78 is 11.0. The Hall–Kier alpha value is -4.01. The summed E-state index contributed by atoms with van der Waals surface area (Å²) in [5.41, 5.74) is 2.42. The number of para-hydroxylation sites is 1. The van der Waals surface area contributed by atoms with Crippen molar-refractivity contribution in [3.05, 3.63) is 54.2 Å². The van der Waals surface area contributed by atoms with Crippen LogP contribution in [0.1, 0.15) is 19.4 Å². The Balaban J connectivity index is 1.45. The highest BCUT2D eigenvalue weighted by molar-refractivity contribution is 5.96. The van der Waals surface area contributed by atoms with Crippen molar-refractivity contribution in [2.75, 3.05) is 31.6 Å². The molecule has 0 aliphatic carbocycles. The summed E-state index contributed by atoms with van der Waals surface area (Å²) in [5.74, 6) is 0.220. The molecule has 3 amide bonds. The van der Waals surface area contributed by atoms with Gasteiger partial charge >= 0.3 is 0 Å². The van der Waals surface area contributed by atoms with Crippen molar-refractivity contribution in [1.29, 1.82) is 0 Å². The lowest BCUT2D eigenvalue weighted by molar-refractivity contribution is -0.138. The molecule has 1 atom stereocenters. The molecule has 3 N–H and O–H groups in total. The van der Waals surface area contributed by atoms with Crippen LogP contribution in [0.25, 0.3) is 10.9 Å². The third kappa shape index (κ3) is 5.31. The monoisotopic (exact) mass is 464 g/mol. The Morgan fingerprint density at radius 1 is 1.09 bits per heavy atom. The van der Waals surface area contributed by atoms with E-state index in [0.29, 0.717) is 43.4 Å². The molecule has 0 fully saturated rings. The smallest absolute Gasteiger partial charge is 0.245 e. The number of H-pyrrole nitrogens is 1. The highest BCUT2D eigenvalue weighted by Gasteiger charge is 2.27. The van der Waals surface area contributed by atoms with Gasteiger partial charge in [-0.3, -0.25) is 14.4 Å². The third-order valence-corrected chi connectivity index (χ3v) is 5.63. The molecule has 9 nitrogen and oxygen atoms in total. The van der Waals surface area contributed by atoms with Crippen molar-refractivity contribution in [3.8, 4) is 11.5 Å². The van der Waals surface area contributed by atoms with Gasteiger partial charge in [-0.15, -0.1) is 0 Å². The van der Waals surface area contributed by atoms with Gasteiger partial charge in [-0.2, -0.15) is 0 Å². The zero-order chi connectivity index (χ0) is 24.1. The molecule has 0 saturated carbocycles. The maximum atomic E-state index is 13.3. The van der Waals surface area contributed by atoms with Gasteiger partial charge in [0.25, 0.3) is 0 Å². The van der Waals surface area contributed by atoms with Crippen LogP contribution < -0.4 is 20.1 Å². The van der Waals surface area contributed by atoms with E-state index in [1.54, 1.807) is 25.1 Å². The first-order valence-electron chi connectivity index (χ1n) is 11.2. The largest absolute Gasteiger partial charge is 0.486 e. The molecule has 4 rings (SSSR count). The predicted octanol–water partition coefficient (Wildman–Crippen LogP) is 2.47. The van der Waals surface area contributed by atoms with Crippen molar-refractivity contribution in [2.24, 2.45) is 0 Å². The molecule has 1 unspecified atom stereocenters. The molecular weight excluding hydrogens is 436 g/mol. The second kappa shape index (κ2) is 10.3. The number of nitrogens with one attached hydrogen (secondary N) is 3. The molecule has 9 heteroatoms. The van der Waals surface area contributed by atoms with Gasteiger partial charge in [0.1, 0.15) is 19.3 Å². The van der Waals surface area contributed by atoms with Gasteiger partial charge in [0.2, 0.25) is 17.7 Å². The van der Waals surface area contributed by atoms with Crippen molar-refractivity contribution in [2.45, 2.75) is 26.3 Å². The molecule has 2 aromatic carbocycles. The molecule has 3 aromatic rings. The van der Waals surface area contributed by atoms with Crippen LogP contribution in [0.15, 0.2) is 48.7 Å². The fraction of sp³-hybridized carbons (Fsp3) is 0.320. The molecule has 2 heterocycles. The summed E-state index contributed by atoms with van der Waals surface area (Å²) in [5, 5.41) is 6.54. The number of ether oxygens (including phenoxy) is 2. The topological polar surface area (TPSA) is 113 Å². The van der Waals surface area contributed by atoms with Crippen molar-refractivity contribution in [1.82, 2.24) is 15.2 Å². The summed E-state index contributed by atoms with van der Waals surface area (Å²) in [6, 6.07) is 12.1. The van der Waals surface area contributed by atoms with Gasteiger partial charge in [0.05, 0.1) is 6.54 Å². The molecule has 1 aromatic heterocycles. The van der Waals surface area contributed by atoms with E-state index in [0.717, 1.165) is 16.5 Å². The molecule has 0 saturated heterocycles. The number of nitrogens with zero attached hydrogens (tertiary/aromatic N) is 1. The molecule has 1 aliphatic rings. The van der Waals surface area contributed by atoms with E-state index < -0.39 is 6.04 Å². The Morgan fingerprint density at radius 2 is 1.85 bits per heavy atom. The maximum absolute atomic E-state index is 13.3. The molecule has 1 aliphatic heterocycles. The summed E-state index contributed by atoms with van der Waals surface area (Å²) in [7, 11) is 0. The number of aromatic nitrogens is 1. The van der Waals surface area contributed by atoms with Gasteiger partial charge in [0, 0.05) is 48.7 Å². The third-order valence-electron chi connectivity index (χ3n) is 5.63. The lowest BCUT2D eigenvalue weighted by atomic mass is 10.0. The van der Waals surface area contributed by atoms with E-state index in [-0.39, 0.29) is 24.3 Å². The van der Waals surface area contributed by atoms with Crippen LogP contribution in [0.3, 0.4) is 0 Å². The highest BCUT2D eigenvalue weighted by Crippen LogP contribution is 2.32. The van der Waals surface area contributed by atoms with Gasteiger partial charge < -0.3 is 30.0 Å². The molecule has 0 spiro atoms. The number of carbonyl (C=O) groups is 3. The second-order valence-corrected chi connectivity index (χ2v) is 8.08. The number of rotatable bonds is 8. The molecule has 0 radical (unpaired) electrons. The Bertz CT molecular complexity index is 1200. The van der Waals surface area contributed by atoms with E-state index in [1.807, 2.05) is 30.5 Å². The van der Waals surface area contributed by atoms with Crippen molar-refractivity contribution < 1.29 is 23.9 Å². The normalized spacial score (nSPS) is 13.2. The van der Waals surface area contributed by atoms with E-state index in [4.69, 9.17) is 9.47 Å². The van der Waals surface area contributed by atoms with E-state index in [1.165, 1.54) is 11.8 Å². The van der Waals surface area contributed by atoms with Crippen LogP contribution in [0.4, 0.5) is 5.69 Å². The fourth-order valence-corrected chi connectivity index (χ4v) is 4.03. The number of hydrogen-bond donors (Lipinski definition) is 3. The summed E-state index contributed by atoms with van der Waals surface area (Å²) in [6.45, 7) is 4.28. The first-order valence-corrected chi connectivity index (χ1v) is 11.2. The summed E-state index contributed by atoms with van der Waals surface area (Å²) >= 11 is 0. The van der Waals surface area contributed by atoms with Crippen molar-refractivity contribution in [3.63, 3.8) is 0 Å². The average Bonchev–Trinajstić information content (AvgIpc) is 3.24. The Labute approximate surface area is 197 Å². The number of anilines is 1. The molecule has 0 bridgehead atoms. The average molecular weight is 465 g/mol. The first-order chi connectivity index (χ1) is 16.4. The minimum Gasteiger partial charge on any atom is -0.486 e. The maximum Gasteiger partial charge on any atom is 0.245 e. The van der Waals surface area contributed by atoms with Crippen LogP contribution in [0.5, 0.6) is 11.5 Å². The van der Waals surface area contributed by atoms with Crippen LogP contribution >= 0.6 is 0 Å². The lowest BCUT2D eigenvalue weighted by Gasteiger charge is -2.26. The summed E-state index contributed by atoms with van der Waals surface area (Å²) in [4.78, 5) is 42.5. The standard InChI is InChI=1S/C25H28N4O5/c1-3-29(15-24(31)28-18-8-9-22-23(13-18)34-11-10-33-22)25(32)21(27-16(2)30)12-17-14-26-20-7-5-4-6-19(17)20/h4-9,13-14,21,26H,3,10-12,15H2,1-2H3,(H,27,30)(H,28,31). The van der Waals surface area contributed by atoms with Gasteiger partial charge in [0.15, 0.2) is 11.5 Å². The summed E-state index contributed by atoms with van der Waals surface area (Å²) in [6.07, 6.45) is 2.15.